The molecule has 3 N–H and O–H groups in total. The fraction of sp³-hybridized carbons (Fsp3) is 0.462. The monoisotopic (exact) mass is 266 g/mol. The first kappa shape index (κ1) is 13.1. The van der Waals surface area contributed by atoms with Crippen molar-refractivity contribution in [1.29, 1.82) is 0 Å². The van der Waals surface area contributed by atoms with Gasteiger partial charge in [0.05, 0.1) is 24.0 Å². The molecule has 1 fully saturated rings. The average Bonchev–Trinajstić information content (AvgIpc) is 2.41. The molecule has 1 aromatic rings. The summed E-state index contributed by atoms with van der Waals surface area (Å²) in [6.45, 7) is 0. The first-order valence-corrected chi connectivity index (χ1v) is 7.18. The third-order valence-corrected chi connectivity index (χ3v) is 4.21. The second kappa shape index (κ2) is 6.00. The summed E-state index contributed by atoms with van der Waals surface area (Å²) in [7, 11) is 1.38. The molecule has 0 amide bonds. The predicted molar refractivity (Wildman–Crippen MR) is 76.2 cm³/mol. The molecule has 4 nitrogen and oxygen atoms in total. The molecule has 1 aliphatic heterocycles. The Balaban J connectivity index is 2.12. The van der Waals surface area contributed by atoms with Crippen LogP contribution in [-0.4, -0.2) is 30.6 Å². The van der Waals surface area contributed by atoms with E-state index in [1.807, 2.05) is 11.8 Å². The number of anilines is 2. The molecule has 0 saturated carbocycles. The minimum atomic E-state index is -0.337. The molecule has 1 heterocycles. The Morgan fingerprint density at radius 2 is 2.39 bits per heavy atom. The minimum Gasteiger partial charge on any atom is -0.465 e. The number of benzene rings is 1. The Morgan fingerprint density at radius 1 is 1.56 bits per heavy atom. The molecular weight excluding hydrogens is 248 g/mol. The summed E-state index contributed by atoms with van der Waals surface area (Å²) in [5.74, 6) is 1.98. The van der Waals surface area contributed by atoms with E-state index in [4.69, 9.17) is 10.5 Å². The molecule has 0 aromatic heterocycles. The number of nitrogens with two attached hydrogens (primary N) is 1. The van der Waals surface area contributed by atoms with E-state index in [0.29, 0.717) is 17.3 Å². The highest BCUT2D eigenvalue weighted by Gasteiger charge is 2.15. The number of rotatable bonds is 3. The molecule has 0 bridgehead atoms. The maximum atomic E-state index is 11.5. The van der Waals surface area contributed by atoms with E-state index in [0.717, 1.165) is 17.9 Å². The Labute approximate surface area is 111 Å². The van der Waals surface area contributed by atoms with E-state index < -0.39 is 0 Å². The van der Waals surface area contributed by atoms with Gasteiger partial charge in [-0.3, -0.25) is 0 Å². The van der Waals surface area contributed by atoms with Crippen molar-refractivity contribution in [2.75, 3.05) is 29.7 Å². The zero-order valence-electron chi connectivity index (χ0n) is 10.4. The van der Waals surface area contributed by atoms with Crippen LogP contribution in [0.2, 0.25) is 0 Å². The van der Waals surface area contributed by atoms with Gasteiger partial charge in [-0.05, 0) is 36.8 Å². The molecule has 0 spiro atoms. The minimum absolute atomic E-state index is 0.337. The molecule has 1 atom stereocenters. The van der Waals surface area contributed by atoms with Crippen molar-refractivity contribution in [2.45, 2.75) is 18.9 Å². The highest BCUT2D eigenvalue weighted by molar-refractivity contribution is 7.99. The van der Waals surface area contributed by atoms with E-state index >= 15 is 0 Å². The van der Waals surface area contributed by atoms with E-state index in [-0.39, 0.29) is 5.97 Å². The van der Waals surface area contributed by atoms with Gasteiger partial charge in [0, 0.05) is 11.8 Å². The number of esters is 1. The van der Waals surface area contributed by atoms with Gasteiger partial charge in [-0.1, -0.05) is 0 Å². The zero-order valence-corrected chi connectivity index (χ0v) is 11.3. The van der Waals surface area contributed by atoms with Gasteiger partial charge >= 0.3 is 5.97 Å². The number of carbonyl (C=O) groups is 1. The van der Waals surface area contributed by atoms with Crippen LogP contribution < -0.4 is 11.1 Å². The molecule has 1 saturated heterocycles. The Morgan fingerprint density at radius 3 is 3.06 bits per heavy atom. The maximum Gasteiger partial charge on any atom is 0.337 e. The number of nitrogens with one attached hydrogen (secondary N) is 1. The van der Waals surface area contributed by atoms with Crippen molar-refractivity contribution in [1.82, 2.24) is 0 Å². The fourth-order valence-electron chi connectivity index (χ4n) is 2.00. The van der Waals surface area contributed by atoms with E-state index in [2.05, 4.69) is 5.32 Å². The molecule has 18 heavy (non-hydrogen) atoms. The second-order valence-corrected chi connectivity index (χ2v) is 5.50. The highest BCUT2D eigenvalue weighted by Crippen LogP contribution is 2.25. The van der Waals surface area contributed by atoms with Crippen LogP contribution in [-0.2, 0) is 4.74 Å². The molecule has 1 aromatic carbocycles. The standard InChI is InChI=1S/C13H18N2O2S/c1-17-13(16)9-4-5-11(14)12(7-9)15-10-3-2-6-18-8-10/h4-5,7,10,15H,2-3,6,8,14H2,1H3. The van der Waals surface area contributed by atoms with Crippen LogP contribution in [0, 0.1) is 0 Å². The van der Waals surface area contributed by atoms with Crippen LogP contribution in [0.5, 0.6) is 0 Å². The van der Waals surface area contributed by atoms with Crippen molar-refractivity contribution in [3.05, 3.63) is 23.8 Å². The summed E-state index contributed by atoms with van der Waals surface area (Å²) in [6, 6.07) is 5.62. The SMILES string of the molecule is COC(=O)c1ccc(N)c(NC2CCCSC2)c1. The number of nitrogen functional groups attached to an aromatic ring is 1. The number of thioether (sulfide) groups is 1. The molecule has 1 aliphatic rings. The smallest absolute Gasteiger partial charge is 0.337 e. The van der Waals surface area contributed by atoms with Gasteiger partial charge in [-0.15, -0.1) is 0 Å². The van der Waals surface area contributed by atoms with Gasteiger partial charge in [0.25, 0.3) is 0 Å². The van der Waals surface area contributed by atoms with Crippen LogP contribution in [0.1, 0.15) is 23.2 Å². The molecule has 0 aliphatic carbocycles. The normalized spacial score (nSPS) is 19.3. The lowest BCUT2D eigenvalue weighted by molar-refractivity contribution is 0.0601. The van der Waals surface area contributed by atoms with Gasteiger partial charge in [0.1, 0.15) is 0 Å². The van der Waals surface area contributed by atoms with Crippen LogP contribution in [0.4, 0.5) is 11.4 Å². The van der Waals surface area contributed by atoms with E-state index in [9.17, 15) is 4.79 Å². The number of methoxy groups -OCH3 is 1. The van der Waals surface area contributed by atoms with Crippen LogP contribution in [0.25, 0.3) is 0 Å². The van der Waals surface area contributed by atoms with Gasteiger partial charge in [0.2, 0.25) is 0 Å². The van der Waals surface area contributed by atoms with Crippen molar-refractivity contribution in [3.8, 4) is 0 Å². The summed E-state index contributed by atoms with van der Waals surface area (Å²) in [5, 5.41) is 3.41. The molecule has 98 valence electrons. The Bertz CT molecular complexity index is 431. The van der Waals surface area contributed by atoms with Crippen molar-refractivity contribution in [2.24, 2.45) is 0 Å². The van der Waals surface area contributed by atoms with Gasteiger partial charge in [-0.2, -0.15) is 11.8 Å². The lowest BCUT2D eigenvalue weighted by Gasteiger charge is -2.24. The highest BCUT2D eigenvalue weighted by atomic mass is 32.2. The third kappa shape index (κ3) is 3.10. The maximum absolute atomic E-state index is 11.5. The molecule has 5 heteroatoms. The van der Waals surface area contributed by atoms with Crippen molar-refractivity contribution >= 4 is 29.1 Å². The summed E-state index contributed by atoms with van der Waals surface area (Å²) in [5.41, 5.74) is 7.94. The van der Waals surface area contributed by atoms with Crippen LogP contribution in [0.3, 0.4) is 0 Å². The van der Waals surface area contributed by atoms with Gasteiger partial charge in [0.15, 0.2) is 0 Å². The topological polar surface area (TPSA) is 64.3 Å². The summed E-state index contributed by atoms with van der Waals surface area (Å²) < 4.78 is 4.71. The van der Waals surface area contributed by atoms with E-state index in [1.54, 1.807) is 18.2 Å². The largest absolute Gasteiger partial charge is 0.465 e. The number of carbonyl (C=O) groups excluding carboxylic acids is 1. The lowest BCUT2D eigenvalue weighted by Crippen LogP contribution is -2.26. The molecule has 0 radical (unpaired) electrons. The fourth-order valence-corrected chi connectivity index (χ4v) is 3.07. The first-order chi connectivity index (χ1) is 8.70. The van der Waals surface area contributed by atoms with Crippen molar-refractivity contribution in [3.63, 3.8) is 0 Å². The number of ether oxygens (including phenoxy) is 1. The first-order valence-electron chi connectivity index (χ1n) is 6.03. The zero-order chi connectivity index (χ0) is 13.0. The van der Waals surface area contributed by atoms with Crippen LogP contribution in [0.15, 0.2) is 18.2 Å². The van der Waals surface area contributed by atoms with E-state index in [1.165, 1.54) is 19.3 Å². The Kier molecular flexibility index (Phi) is 4.36. The van der Waals surface area contributed by atoms with Gasteiger partial charge < -0.3 is 15.8 Å². The lowest BCUT2D eigenvalue weighted by atomic mass is 10.1. The average molecular weight is 266 g/mol. The summed E-state index contributed by atoms with van der Waals surface area (Å²) >= 11 is 1.95. The molecular formula is C13H18N2O2S. The number of hydrogen-bond donors (Lipinski definition) is 2. The second-order valence-electron chi connectivity index (χ2n) is 4.35. The number of hydrogen-bond acceptors (Lipinski definition) is 5. The summed E-state index contributed by atoms with van der Waals surface area (Å²) in [6.07, 6.45) is 2.37. The third-order valence-electron chi connectivity index (χ3n) is 2.99. The molecule has 1 unspecified atom stereocenters. The van der Waals surface area contributed by atoms with Crippen molar-refractivity contribution < 1.29 is 9.53 Å². The predicted octanol–water partition coefficient (Wildman–Crippen LogP) is 2.36. The van der Waals surface area contributed by atoms with Gasteiger partial charge in [-0.25, -0.2) is 4.79 Å². The molecule has 2 rings (SSSR count). The van der Waals surface area contributed by atoms with Crippen LogP contribution >= 0.6 is 11.8 Å². The Hall–Kier alpha value is -1.36. The quantitative estimate of drug-likeness (QED) is 0.649. The summed E-state index contributed by atoms with van der Waals surface area (Å²) in [4.78, 5) is 11.5.